The maximum atomic E-state index is 10.5. The first-order chi connectivity index (χ1) is 4.72. The van der Waals surface area contributed by atoms with Crippen LogP contribution in [0.25, 0.3) is 0 Å². The first-order valence-corrected chi connectivity index (χ1v) is 4.07. The average molecular weight is 139 g/mol. The molecule has 0 radical (unpaired) electrons. The van der Waals surface area contributed by atoms with E-state index in [1.54, 1.807) is 0 Å². The van der Waals surface area contributed by atoms with Crippen LogP contribution in [0.15, 0.2) is 5.18 Å². The third-order valence-corrected chi connectivity index (χ3v) is 3.71. The van der Waals surface area contributed by atoms with Gasteiger partial charge in [0, 0.05) is 0 Å². The maximum absolute atomic E-state index is 10.5. The second-order valence-electron chi connectivity index (χ2n) is 4.04. The Balaban J connectivity index is 2.30. The van der Waals surface area contributed by atoms with Crippen molar-refractivity contribution in [2.75, 3.05) is 0 Å². The Hall–Kier alpha value is -0.400. The number of hydrogen-bond acceptors (Lipinski definition) is 2. The molecule has 2 atom stereocenters. The molecular weight excluding hydrogens is 126 g/mol. The van der Waals surface area contributed by atoms with Crippen molar-refractivity contribution >= 4 is 0 Å². The lowest BCUT2D eigenvalue weighted by Crippen LogP contribution is -2.49. The van der Waals surface area contributed by atoms with E-state index in [0.29, 0.717) is 5.41 Å². The van der Waals surface area contributed by atoms with Gasteiger partial charge < -0.3 is 0 Å². The Morgan fingerprint density at radius 2 is 2.00 bits per heavy atom. The average Bonchev–Trinajstić information content (AvgIpc) is 2.13. The minimum atomic E-state index is -0.118. The van der Waals surface area contributed by atoms with E-state index in [9.17, 15) is 4.91 Å². The Bertz CT molecular complexity index is 180. The van der Waals surface area contributed by atoms with Crippen LogP contribution in [0.4, 0.5) is 0 Å². The first-order valence-electron chi connectivity index (χ1n) is 4.07. The van der Waals surface area contributed by atoms with Crippen LogP contribution < -0.4 is 0 Å². The van der Waals surface area contributed by atoms with E-state index < -0.39 is 0 Å². The zero-order valence-electron chi connectivity index (χ0n) is 6.39. The summed E-state index contributed by atoms with van der Waals surface area (Å²) in [7, 11) is 0. The highest BCUT2D eigenvalue weighted by Gasteiger charge is 2.60. The van der Waals surface area contributed by atoms with Crippen molar-refractivity contribution in [1.82, 2.24) is 0 Å². The summed E-state index contributed by atoms with van der Waals surface area (Å²) >= 11 is 0. The van der Waals surface area contributed by atoms with Crippen LogP contribution >= 0.6 is 0 Å². The van der Waals surface area contributed by atoms with E-state index in [-0.39, 0.29) is 5.54 Å². The molecule has 0 aromatic rings. The molecule has 0 aromatic heterocycles. The molecule has 0 N–H and O–H groups in total. The van der Waals surface area contributed by atoms with E-state index in [1.807, 2.05) is 0 Å². The summed E-state index contributed by atoms with van der Waals surface area (Å²) in [6, 6.07) is 0. The molecule has 2 rings (SSSR count). The smallest absolute Gasteiger partial charge is 0.108 e. The molecule has 10 heavy (non-hydrogen) atoms. The molecule has 2 fully saturated rings. The van der Waals surface area contributed by atoms with Gasteiger partial charge in [0.2, 0.25) is 0 Å². The van der Waals surface area contributed by atoms with Crippen molar-refractivity contribution in [2.45, 2.75) is 44.6 Å². The van der Waals surface area contributed by atoms with Crippen LogP contribution in [0, 0.1) is 10.3 Å². The lowest BCUT2D eigenvalue weighted by atomic mass is 9.58. The van der Waals surface area contributed by atoms with Gasteiger partial charge in [0.25, 0.3) is 0 Å². The molecule has 0 aromatic carbocycles. The molecule has 2 heteroatoms. The molecule has 0 heterocycles. The normalized spacial score (nSPS) is 51.7. The summed E-state index contributed by atoms with van der Waals surface area (Å²) < 4.78 is 0. The summed E-state index contributed by atoms with van der Waals surface area (Å²) in [6.07, 6.45) is 5.75. The van der Waals surface area contributed by atoms with Gasteiger partial charge in [0.15, 0.2) is 0 Å². The van der Waals surface area contributed by atoms with Crippen LogP contribution in [-0.2, 0) is 0 Å². The number of fused-ring (bicyclic) bond motifs is 1. The van der Waals surface area contributed by atoms with Crippen LogP contribution in [0.1, 0.15) is 39.0 Å². The zero-order chi connectivity index (χ0) is 7.24. The summed E-state index contributed by atoms with van der Waals surface area (Å²) in [5, 5.41) is 3.31. The standard InChI is InChI=1S/C8H13NO/c1-7-3-2-4-8(7,9-10)6-5-7/h2-6H2,1H3/t7?,8-/m1/s1. The van der Waals surface area contributed by atoms with Gasteiger partial charge in [-0.15, -0.1) is 0 Å². The van der Waals surface area contributed by atoms with Crippen LogP contribution in [0.2, 0.25) is 0 Å². The SMILES string of the molecule is CC12CCC[C@@]1(N=O)CC2. The largest absolute Gasteiger partial charge is 0.150 e. The van der Waals surface area contributed by atoms with Gasteiger partial charge in [-0.3, -0.25) is 0 Å². The number of nitroso groups, excluding NO2 is 1. The molecule has 2 nitrogen and oxygen atoms in total. The predicted molar refractivity (Wildman–Crippen MR) is 39.7 cm³/mol. The Kier molecular flexibility index (Phi) is 1.01. The van der Waals surface area contributed by atoms with Crippen LogP contribution in [-0.4, -0.2) is 5.54 Å². The van der Waals surface area contributed by atoms with E-state index in [2.05, 4.69) is 12.1 Å². The minimum absolute atomic E-state index is 0.118. The molecular formula is C8H13NO. The summed E-state index contributed by atoms with van der Waals surface area (Å²) in [6.45, 7) is 2.21. The van der Waals surface area contributed by atoms with E-state index in [1.165, 1.54) is 19.3 Å². The Morgan fingerprint density at radius 3 is 2.30 bits per heavy atom. The molecule has 0 bridgehead atoms. The highest BCUT2D eigenvalue weighted by atomic mass is 16.3. The molecule has 1 unspecified atom stereocenters. The number of rotatable bonds is 1. The minimum Gasteiger partial charge on any atom is -0.150 e. The van der Waals surface area contributed by atoms with Crippen molar-refractivity contribution < 1.29 is 0 Å². The van der Waals surface area contributed by atoms with Crippen molar-refractivity contribution in [3.63, 3.8) is 0 Å². The molecule has 56 valence electrons. The molecule has 0 spiro atoms. The van der Waals surface area contributed by atoms with Crippen molar-refractivity contribution in [2.24, 2.45) is 10.6 Å². The highest BCUT2D eigenvalue weighted by Crippen LogP contribution is 2.62. The quantitative estimate of drug-likeness (QED) is 0.513. The Labute approximate surface area is 61.0 Å². The monoisotopic (exact) mass is 139 g/mol. The highest BCUT2D eigenvalue weighted by molar-refractivity contribution is 5.14. The fourth-order valence-electron chi connectivity index (χ4n) is 2.60. The fourth-order valence-corrected chi connectivity index (χ4v) is 2.60. The van der Waals surface area contributed by atoms with E-state index >= 15 is 0 Å². The Morgan fingerprint density at radius 1 is 1.20 bits per heavy atom. The molecule has 0 amide bonds. The molecule has 2 aliphatic carbocycles. The van der Waals surface area contributed by atoms with Gasteiger partial charge >= 0.3 is 0 Å². The molecule has 2 saturated carbocycles. The van der Waals surface area contributed by atoms with Crippen LogP contribution in [0.3, 0.4) is 0 Å². The van der Waals surface area contributed by atoms with Gasteiger partial charge in [0.1, 0.15) is 5.54 Å². The summed E-state index contributed by atoms with van der Waals surface area (Å²) in [5.41, 5.74) is 0.182. The van der Waals surface area contributed by atoms with Crippen molar-refractivity contribution in [3.8, 4) is 0 Å². The van der Waals surface area contributed by atoms with Gasteiger partial charge in [0.05, 0.1) is 0 Å². The lowest BCUT2D eigenvalue weighted by Gasteiger charge is -2.48. The van der Waals surface area contributed by atoms with Crippen LogP contribution in [0.5, 0.6) is 0 Å². The molecule has 2 aliphatic rings. The number of nitrogens with zero attached hydrogens (tertiary/aromatic N) is 1. The second-order valence-corrected chi connectivity index (χ2v) is 4.04. The first kappa shape index (κ1) is 6.32. The van der Waals surface area contributed by atoms with Gasteiger partial charge in [-0.25, -0.2) is 0 Å². The predicted octanol–water partition coefficient (Wildman–Crippen LogP) is 2.48. The molecule has 0 saturated heterocycles. The fraction of sp³-hybridized carbons (Fsp3) is 1.00. The zero-order valence-corrected chi connectivity index (χ0v) is 6.39. The van der Waals surface area contributed by atoms with Crippen molar-refractivity contribution in [3.05, 3.63) is 4.91 Å². The van der Waals surface area contributed by atoms with E-state index in [4.69, 9.17) is 0 Å². The third-order valence-electron chi connectivity index (χ3n) is 3.71. The number of hydrogen-bond donors (Lipinski definition) is 0. The van der Waals surface area contributed by atoms with Gasteiger partial charge in [-0.1, -0.05) is 18.5 Å². The summed E-state index contributed by atoms with van der Waals surface area (Å²) in [5.74, 6) is 0. The summed E-state index contributed by atoms with van der Waals surface area (Å²) in [4.78, 5) is 10.5. The van der Waals surface area contributed by atoms with E-state index in [0.717, 1.165) is 12.8 Å². The third kappa shape index (κ3) is 0.468. The molecule has 0 aliphatic heterocycles. The van der Waals surface area contributed by atoms with Gasteiger partial charge in [-0.2, -0.15) is 4.91 Å². The lowest BCUT2D eigenvalue weighted by molar-refractivity contribution is 0.0517. The second kappa shape index (κ2) is 1.60. The van der Waals surface area contributed by atoms with Gasteiger partial charge in [-0.05, 0) is 31.1 Å². The topological polar surface area (TPSA) is 29.4 Å². The van der Waals surface area contributed by atoms with Crippen molar-refractivity contribution in [1.29, 1.82) is 0 Å². The maximum Gasteiger partial charge on any atom is 0.108 e.